The number of ether oxygens (including phenoxy) is 1. The number of benzene rings is 1. The highest BCUT2D eigenvalue weighted by atomic mass is 32.2. The number of sulfonamides is 1. The zero-order valence-corrected chi connectivity index (χ0v) is 11.1. The number of hydrogen-bond donors (Lipinski definition) is 2. The average Bonchev–Trinajstić information content (AvgIpc) is 2.89. The molecule has 2 N–H and O–H groups in total. The summed E-state index contributed by atoms with van der Waals surface area (Å²) < 4.78 is 31.6. The largest absolute Gasteiger partial charge is 0.494 e. The summed E-state index contributed by atoms with van der Waals surface area (Å²) in [5, 5.41) is 5.99. The van der Waals surface area contributed by atoms with Crippen LogP contribution in [0.2, 0.25) is 0 Å². The Kier molecular flexibility index (Phi) is 4.00. The lowest BCUT2D eigenvalue weighted by Crippen LogP contribution is -2.13. The second-order valence-electron chi connectivity index (χ2n) is 3.76. The number of H-pyrrole nitrogens is 1. The Morgan fingerprint density at radius 1 is 1.32 bits per heavy atom. The molecule has 2 aromatic rings. The SMILES string of the molecule is CCCOc1ccc(S(=O)(=O)Nc2ncn[nH]2)cc1. The molecule has 0 aliphatic carbocycles. The number of aromatic amines is 1. The Labute approximate surface area is 111 Å². The fourth-order valence-corrected chi connectivity index (χ4v) is 2.34. The first-order chi connectivity index (χ1) is 9.12. The lowest BCUT2D eigenvalue weighted by Gasteiger charge is -2.07. The molecule has 8 heteroatoms. The minimum atomic E-state index is -3.66. The summed E-state index contributed by atoms with van der Waals surface area (Å²) in [6.45, 7) is 2.60. The fraction of sp³-hybridized carbons (Fsp3) is 0.273. The minimum Gasteiger partial charge on any atom is -0.494 e. The van der Waals surface area contributed by atoms with E-state index in [-0.39, 0.29) is 10.8 Å². The first-order valence-corrected chi connectivity index (χ1v) is 7.21. The van der Waals surface area contributed by atoms with E-state index in [2.05, 4.69) is 19.9 Å². The Morgan fingerprint density at radius 3 is 2.63 bits per heavy atom. The number of nitrogens with one attached hydrogen (secondary N) is 2. The molecule has 0 bridgehead atoms. The smallest absolute Gasteiger partial charge is 0.264 e. The molecule has 19 heavy (non-hydrogen) atoms. The normalized spacial score (nSPS) is 11.2. The van der Waals surface area contributed by atoms with Gasteiger partial charge in [-0.3, -0.25) is 0 Å². The molecule has 0 aliphatic rings. The van der Waals surface area contributed by atoms with E-state index in [0.29, 0.717) is 12.4 Å². The van der Waals surface area contributed by atoms with Gasteiger partial charge >= 0.3 is 0 Å². The lowest BCUT2D eigenvalue weighted by atomic mass is 10.3. The van der Waals surface area contributed by atoms with Crippen LogP contribution in [0, 0.1) is 0 Å². The van der Waals surface area contributed by atoms with E-state index in [0.717, 1.165) is 6.42 Å². The zero-order valence-electron chi connectivity index (χ0n) is 10.3. The van der Waals surface area contributed by atoms with Crippen LogP contribution in [0.4, 0.5) is 5.95 Å². The van der Waals surface area contributed by atoms with Crippen LogP contribution >= 0.6 is 0 Å². The molecule has 0 aliphatic heterocycles. The van der Waals surface area contributed by atoms with E-state index in [1.165, 1.54) is 18.5 Å². The van der Waals surface area contributed by atoms with Crippen LogP contribution in [0.25, 0.3) is 0 Å². The topological polar surface area (TPSA) is 97.0 Å². The predicted molar refractivity (Wildman–Crippen MR) is 69.4 cm³/mol. The molecule has 7 nitrogen and oxygen atoms in total. The molecule has 2 rings (SSSR count). The summed E-state index contributed by atoms with van der Waals surface area (Å²) in [4.78, 5) is 3.84. The monoisotopic (exact) mass is 282 g/mol. The van der Waals surface area contributed by atoms with Gasteiger partial charge in [-0.2, -0.15) is 10.1 Å². The van der Waals surface area contributed by atoms with E-state index in [4.69, 9.17) is 4.74 Å². The molecule has 0 spiro atoms. The molecular weight excluding hydrogens is 268 g/mol. The third-order valence-corrected chi connectivity index (χ3v) is 3.61. The number of anilines is 1. The maximum Gasteiger partial charge on any atom is 0.264 e. The van der Waals surface area contributed by atoms with Gasteiger partial charge in [0.2, 0.25) is 5.95 Å². The Hall–Kier alpha value is -2.09. The van der Waals surface area contributed by atoms with Crippen LogP contribution in [-0.4, -0.2) is 30.2 Å². The molecule has 1 heterocycles. The third-order valence-electron chi connectivity index (χ3n) is 2.25. The van der Waals surface area contributed by atoms with Crippen LogP contribution in [0.15, 0.2) is 35.5 Å². The molecule has 0 unspecified atom stereocenters. The summed E-state index contributed by atoms with van der Waals surface area (Å²) in [6.07, 6.45) is 2.12. The van der Waals surface area contributed by atoms with Gasteiger partial charge in [0.15, 0.2) is 0 Å². The van der Waals surface area contributed by atoms with Gasteiger partial charge < -0.3 is 4.74 Å². The van der Waals surface area contributed by atoms with Crippen molar-refractivity contribution < 1.29 is 13.2 Å². The van der Waals surface area contributed by atoms with Crippen LogP contribution in [0.1, 0.15) is 13.3 Å². The highest BCUT2D eigenvalue weighted by Gasteiger charge is 2.15. The van der Waals surface area contributed by atoms with Gasteiger partial charge in [-0.25, -0.2) is 18.2 Å². The summed E-state index contributed by atoms with van der Waals surface area (Å²) in [5.74, 6) is 0.715. The van der Waals surface area contributed by atoms with Crippen LogP contribution < -0.4 is 9.46 Å². The van der Waals surface area contributed by atoms with Crippen molar-refractivity contribution in [2.45, 2.75) is 18.2 Å². The standard InChI is InChI=1S/C11H14N4O3S/c1-2-7-18-9-3-5-10(6-4-9)19(16,17)15-11-12-8-13-14-11/h3-6,8H,2,7H2,1H3,(H2,12,13,14,15). The molecule has 102 valence electrons. The maximum absolute atomic E-state index is 12.0. The molecule has 0 amide bonds. The summed E-state index contributed by atoms with van der Waals surface area (Å²) in [5.41, 5.74) is 0. The van der Waals surface area contributed by atoms with Crippen molar-refractivity contribution in [1.82, 2.24) is 15.2 Å². The molecule has 0 atom stereocenters. The first kappa shape index (κ1) is 13.3. The number of aromatic nitrogens is 3. The minimum absolute atomic E-state index is 0.0753. The van der Waals surface area contributed by atoms with Crippen LogP contribution in [0.5, 0.6) is 5.75 Å². The van der Waals surface area contributed by atoms with Crippen molar-refractivity contribution in [3.63, 3.8) is 0 Å². The average molecular weight is 282 g/mol. The predicted octanol–water partition coefficient (Wildman–Crippen LogP) is 1.39. The van der Waals surface area contributed by atoms with Gasteiger partial charge in [-0.05, 0) is 30.7 Å². The van der Waals surface area contributed by atoms with Gasteiger partial charge in [0.25, 0.3) is 10.0 Å². The molecule has 0 saturated carbocycles. The summed E-state index contributed by atoms with van der Waals surface area (Å²) in [7, 11) is -3.66. The van der Waals surface area contributed by atoms with Crippen molar-refractivity contribution in [3.8, 4) is 5.75 Å². The second-order valence-corrected chi connectivity index (χ2v) is 5.44. The van der Waals surface area contributed by atoms with Crippen molar-refractivity contribution in [2.75, 3.05) is 11.3 Å². The number of rotatable bonds is 6. The lowest BCUT2D eigenvalue weighted by molar-refractivity contribution is 0.317. The van der Waals surface area contributed by atoms with Crippen LogP contribution in [-0.2, 0) is 10.0 Å². The van der Waals surface area contributed by atoms with E-state index >= 15 is 0 Å². The zero-order chi connectivity index (χ0) is 13.7. The van der Waals surface area contributed by atoms with Gasteiger partial charge in [-0.1, -0.05) is 6.92 Å². The Balaban J connectivity index is 2.12. The highest BCUT2D eigenvalue weighted by molar-refractivity contribution is 7.92. The fourth-order valence-electron chi connectivity index (χ4n) is 1.38. The Morgan fingerprint density at radius 2 is 2.05 bits per heavy atom. The van der Waals surface area contributed by atoms with Crippen molar-refractivity contribution in [2.24, 2.45) is 0 Å². The molecule has 1 aromatic carbocycles. The van der Waals surface area contributed by atoms with Gasteiger partial charge in [-0.15, -0.1) is 0 Å². The summed E-state index contributed by atoms with van der Waals surface area (Å²) in [6, 6.07) is 6.18. The van der Waals surface area contributed by atoms with E-state index in [1.807, 2.05) is 6.92 Å². The quantitative estimate of drug-likeness (QED) is 0.834. The van der Waals surface area contributed by atoms with Crippen molar-refractivity contribution in [1.29, 1.82) is 0 Å². The number of nitrogens with zero attached hydrogens (tertiary/aromatic N) is 2. The molecule has 0 radical (unpaired) electrons. The van der Waals surface area contributed by atoms with Gasteiger partial charge in [0.05, 0.1) is 11.5 Å². The van der Waals surface area contributed by atoms with E-state index in [1.54, 1.807) is 12.1 Å². The second kappa shape index (κ2) is 5.70. The van der Waals surface area contributed by atoms with Gasteiger partial charge in [0.1, 0.15) is 12.1 Å². The molecule has 0 fully saturated rings. The molecule has 1 aromatic heterocycles. The van der Waals surface area contributed by atoms with E-state index < -0.39 is 10.0 Å². The Bertz CT molecular complexity index is 608. The van der Waals surface area contributed by atoms with Crippen LogP contribution in [0.3, 0.4) is 0 Å². The highest BCUT2D eigenvalue weighted by Crippen LogP contribution is 2.17. The first-order valence-electron chi connectivity index (χ1n) is 5.73. The molecule has 0 saturated heterocycles. The summed E-state index contributed by atoms with van der Waals surface area (Å²) >= 11 is 0. The third kappa shape index (κ3) is 3.44. The van der Waals surface area contributed by atoms with Gasteiger partial charge in [0, 0.05) is 0 Å². The number of hydrogen-bond acceptors (Lipinski definition) is 5. The molecular formula is C11H14N4O3S. The maximum atomic E-state index is 12.0. The van der Waals surface area contributed by atoms with E-state index in [9.17, 15) is 8.42 Å². The van der Waals surface area contributed by atoms with Crippen molar-refractivity contribution in [3.05, 3.63) is 30.6 Å². The van der Waals surface area contributed by atoms with Crippen molar-refractivity contribution >= 4 is 16.0 Å².